The topological polar surface area (TPSA) is 68.8 Å². The molecule has 0 aliphatic carbocycles. The predicted octanol–water partition coefficient (Wildman–Crippen LogP) is 1.07. The molecule has 0 atom stereocenters. The largest absolute Gasteiger partial charge is 0.389 e. The zero-order valence-corrected chi connectivity index (χ0v) is 8.58. The summed E-state index contributed by atoms with van der Waals surface area (Å²) < 4.78 is 1.77. The van der Waals surface area contributed by atoms with E-state index in [0.717, 1.165) is 22.2 Å². The lowest BCUT2D eigenvalue weighted by Crippen LogP contribution is -1.97. The second kappa shape index (κ2) is 3.67. The highest BCUT2D eigenvalue weighted by Crippen LogP contribution is 2.19. The van der Waals surface area contributed by atoms with E-state index < -0.39 is 0 Å². The third-order valence-electron chi connectivity index (χ3n) is 1.73. The SMILES string of the molecule is Cn1cc(CNc2ncc(N)s2)cn1. The molecular formula is C8H11N5S. The Bertz CT molecular complexity index is 379. The minimum atomic E-state index is 0.721. The van der Waals surface area contributed by atoms with Crippen molar-refractivity contribution in [2.24, 2.45) is 7.05 Å². The van der Waals surface area contributed by atoms with Gasteiger partial charge in [-0.2, -0.15) is 5.10 Å². The summed E-state index contributed by atoms with van der Waals surface area (Å²) in [6, 6.07) is 0. The number of thiazole rings is 1. The van der Waals surface area contributed by atoms with Crippen molar-refractivity contribution in [3.63, 3.8) is 0 Å². The molecule has 3 N–H and O–H groups in total. The third kappa shape index (κ3) is 2.02. The molecule has 0 amide bonds. The number of nitrogens with one attached hydrogen (secondary N) is 1. The average molecular weight is 209 g/mol. The first-order valence-corrected chi connectivity index (χ1v) is 4.98. The lowest BCUT2D eigenvalue weighted by molar-refractivity contribution is 0.767. The molecule has 74 valence electrons. The van der Waals surface area contributed by atoms with Crippen LogP contribution in [0.3, 0.4) is 0 Å². The van der Waals surface area contributed by atoms with Crippen molar-refractivity contribution in [2.75, 3.05) is 11.1 Å². The first-order valence-electron chi connectivity index (χ1n) is 4.17. The second-order valence-electron chi connectivity index (χ2n) is 2.94. The number of rotatable bonds is 3. The van der Waals surface area contributed by atoms with E-state index in [1.54, 1.807) is 10.9 Å². The molecule has 0 bridgehead atoms. The number of nitrogen functional groups attached to an aromatic ring is 1. The monoisotopic (exact) mass is 209 g/mol. The van der Waals surface area contributed by atoms with Crippen molar-refractivity contribution in [2.45, 2.75) is 6.54 Å². The molecule has 0 fully saturated rings. The summed E-state index contributed by atoms with van der Waals surface area (Å²) in [5.41, 5.74) is 6.68. The Hall–Kier alpha value is -1.56. The number of nitrogens with two attached hydrogens (primary N) is 1. The van der Waals surface area contributed by atoms with Crippen molar-refractivity contribution in [3.05, 3.63) is 24.2 Å². The van der Waals surface area contributed by atoms with Gasteiger partial charge in [-0.05, 0) is 0 Å². The van der Waals surface area contributed by atoms with Crippen LogP contribution in [0.4, 0.5) is 10.1 Å². The van der Waals surface area contributed by atoms with Crippen LogP contribution < -0.4 is 11.1 Å². The lowest BCUT2D eigenvalue weighted by Gasteiger charge is -1.97. The molecule has 0 saturated carbocycles. The molecule has 0 saturated heterocycles. The summed E-state index contributed by atoms with van der Waals surface area (Å²) in [7, 11) is 1.89. The first kappa shape index (κ1) is 9.01. The van der Waals surface area contributed by atoms with Gasteiger partial charge in [-0.1, -0.05) is 11.3 Å². The molecular weight excluding hydrogens is 198 g/mol. The summed E-state index contributed by atoms with van der Waals surface area (Å²) in [4.78, 5) is 4.09. The Morgan fingerprint density at radius 3 is 3.00 bits per heavy atom. The molecule has 2 aromatic heterocycles. The van der Waals surface area contributed by atoms with Gasteiger partial charge in [0.1, 0.15) is 5.00 Å². The predicted molar refractivity (Wildman–Crippen MR) is 57.1 cm³/mol. The van der Waals surface area contributed by atoms with E-state index in [4.69, 9.17) is 5.73 Å². The molecule has 0 unspecified atom stereocenters. The summed E-state index contributed by atoms with van der Waals surface area (Å²) in [5, 5.41) is 8.80. The Kier molecular flexibility index (Phi) is 2.36. The molecule has 0 spiro atoms. The third-order valence-corrected chi connectivity index (χ3v) is 2.51. The standard InChI is InChI=1S/C8H11N5S/c1-13-5-6(3-12-13)2-10-8-11-4-7(9)14-8/h3-5H,2,9H2,1H3,(H,10,11). The smallest absolute Gasteiger partial charge is 0.184 e. The number of hydrogen-bond acceptors (Lipinski definition) is 5. The van der Waals surface area contributed by atoms with Gasteiger partial charge in [-0.25, -0.2) is 4.98 Å². The highest BCUT2D eigenvalue weighted by molar-refractivity contribution is 7.19. The molecule has 5 nitrogen and oxygen atoms in total. The van der Waals surface area contributed by atoms with E-state index in [2.05, 4.69) is 15.4 Å². The normalized spacial score (nSPS) is 10.4. The Balaban J connectivity index is 1.94. The van der Waals surface area contributed by atoms with Crippen molar-refractivity contribution in [3.8, 4) is 0 Å². The highest BCUT2D eigenvalue weighted by atomic mass is 32.1. The van der Waals surface area contributed by atoms with Crippen LogP contribution in [0.1, 0.15) is 5.56 Å². The first-order chi connectivity index (χ1) is 6.74. The molecule has 14 heavy (non-hydrogen) atoms. The number of anilines is 2. The quantitative estimate of drug-likeness (QED) is 0.793. The molecule has 0 aliphatic rings. The lowest BCUT2D eigenvalue weighted by atomic mass is 10.4. The van der Waals surface area contributed by atoms with Gasteiger partial charge in [-0.15, -0.1) is 0 Å². The van der Waals surface area contributed by atoms with Gasteiger partial charge in [0.05, 0.1) is 12.4 Å². The van der Waals surface area contributed by atoms with Crippen molar-refractivity contribution < 1.29 is 0 Å². The molecule has 0 radical (unpaired) electrons. The van der Waals surface area contributed by atoms with Gasteiger partial charge in [0.15, 0.2) is 5.13 Å². The summed E-state index contributed by atoms with van der Waals surface area (Å²) >= 11 is 1.44. The average Bonchev–Trinajstić information content (AvgIpc) is 2.72. The number of aromatic nitrogens is 3. The van der Waals surface area contributed by atoms with Crippen LogP contribution in [0.5, 0.6) is 0 Å². The highest BCUT2D eigenvalue weighted by Gasteiger charge is 1.99. The van der Waals surface area contributed by atoms with E-state index in [0.29, 0.717) is 0 Å². The van der Waals surface area contributed by atoms with Gasteiger partial charge in [0.2, 0.25) is 0 Å². The van der Waals surface area contributed by atoms with E-state index >= 15 is 0 Å². The molecule has 2 heterocycles. The number of hydrogen-bond donors (Lipinski definition) is 2. The van der Waals surface area contributed by atoms with Crippen LogP contribution in [0.15, 0.2) is 18.6 Å². The van der Waals surface area contributed by atoms with E-state index in [1.165, 1.54) is 11.3 Å². The minimum Gasteiger partial charge on any atom is -0.389 e. The fraction of sp³-hybridized carbons (Fsp3) is 0.250. The van der Waals surface area contributed by atoms with Crippen LogP contribution >= 0.6 is 11.3 Å². The maximum absolute atomic E-state index is 5.55. The zero-order valence-electron chi connectivity index (χ0n) is 7.77. The minimum absolute atomic E-state index is 0.721. The summed E-state index contributed by atoms with van der Waals surface area (Å²) in [6.45, 7) is 0.723. The van der Waals surface area contributed by atoms with Crippen molar-refractivity contribution >= 4 is 21.5 Å². The van der Waals surface area contributed by atoms with Gasteiger partial charge >= 0.3 is 0 Å². The molecule has 2 rings (SSSR count). The molecule has 2 aromatic rings. The van der Waals surface area contributed by atoms with Crippen LogP contribution in [0.2, 0.25) is 0 Å². The summed E-state index contributed by atoms with van der Waals surface area (Å²) in [6.07, 6.45) is 5.43. The number of nitrogens with zero attached hydrogens (tertiary/aromatic N) is 3. The van der Waals surface area contributed by atoms with Crippen LogP contribution in [-0.2, 0) is 13.6 Å². The van der Waals surface area contributed by atoms with Gasteiger partial charge in [0.25, 0.3) is 0 Å². The fourth-order valence-electron chi connectivity index (χ4n) is 1.11. The van der Waals surface area contributed by atoms with Gasteiger partial charge in [0, 0.05) is 25.4 Å². The summed E-state index contributed by atoms with van der Waals surface area (Å²) in [5.74, 6) is 0. The molecule has 0 aromatic carbocycles. The van der Waals surface area contributed by atoms with E-state index in [-0.39, 0.29) is 0 Å². The second-order valence-corrected chi connectivity index (χ2v) is 4.01. The molecule has 0 aliphatic heterocycles. The Morgan fingerprint density at radius 1 is 1.57 bits per heavy atom. The van der Waals surface area contributed by atoms with Gasteiger partial charge in [-0.3, -0.25) is 4.68 Å². The Morgan fingerprint density at radius 2 is 2.43 bits per heavy atom. The molecule has 6 heteroatoms. The van der Waals surface area contributed by atoms with E-state index in [9.17, 15) is 0 Å². The number of aryl methyl sites for hydroxylation is 1. The van der Waals surface area contributed by atoms with Crippen LogP contribution in [0.25, 0.3) is 0 Å². The maximum atomic E-state index is 5.55. The Labute approximate surface area is 85.6 Å². The van der Waals surface area contributed by atoms with E-state index in [1.807, 2.05) is 19.4 Å². The van der Waals surface area contributed by atoms with Gasteiger partial charge < -0.3 is 11.1 Å². The van der Waals surface area contributed by atoms with Crippen LogP contribution in [0, 0.1) is 0 Å². The zero-order chi connectivity index (χ0) is 9.97. The van der Waals surface area contributed by atoms with Crippen molar-refractivity contribution in [1.29, 1.82) is 0 Å². The maximum Gasteiger partial charge on any atom is 0.184 e. The van der Waals surface area contributed by atoms with Crippen molar-refractivity contribution in [1.82, 2.24) is 14.8 Å². The van der Waals surface area contributed by atoms with Crippen LogP contribution in [-0.4, -0.2) is 14.8 Å². The fourth-order valence-corrected chi connectivity index (χ4v) is 1.69.